The van der Waals surface area contributed by atoms with Gasteiger partial charge in [-0.25, -0.2) is 9.55 Å². The van der Waals surface area contributed by atoms with Gasteiger partial charge in [-0.05, 0) is 22.9 Å². The van der Waals surface area contributed by atoms with Crippen LogP contribution in [0.4, 0.5) is 0 Å². The van der Waals surface area contributed by atoms with Gasteiger partial charge in [0.25, 0.3) is 0 Å². The molecular weight excluding hydrogens is 347 g/mol. The van der Waals surface area contributed by atoms with Gasteiger partial charge in [0.1, 0.15) is 12.3 Å². The lowest BCUT2D eigenvalue weighted by atomic mass is 10.1. The number of phosphoric ester groups is 1. The molecule has 1 saturated heterocycles. The largest absolute Gasteiger partial charge is 0.469 e. The predicted octanol–water partition coefficient (Wildman–Crippen LogP) is 1.95. The average molecular weight is 364 g/mol. The summed E-state index contributed by atoms with van der Waals surface area (Å²) in [5, 5.41) is 12.3. The number of hydrogen-bond donors (Lipinski definition) is 3. The molecule has 132 valence electrons. The van der Waals surface area contributed by atoms with Gasteiger partial charge >= 0.3 is 7.82 Å². The van der Waals surface area contributed by atoms with Gasteiger partial charge in [0.15, 0.2) is 0 Å². The van der Waals surface area contributed by atoms with Gasteiger partial charge in [-0.3, -0.25) is 4.52 Å². The van der Waals surface area contributed by atoms with Crippen LogP contribution in [0.15, 0.2) is 42.7 Å². The molecule has 4 rings (SSSR count). The Morgan fingerprint density at radius 1 is 1.28 bits per heavy atom. The molecule has 0 amide bonds. The van der Waals surface area contributed by atoms with Gasteiger partial charge in [-0.2, -0.15) is 0 Å². The monoisotopic (exact) mass is 364 g/mol. The molecule has 3 atom stereocenters. The van der Waals surface area contributed by atoms with Crippen LogP contribution < -0.4 is 0 Å². The quantitative estimate of drug-likeness (QED) is 0.606. The van der Waals surface area contributed by atoms with Crippen molar-refractivity contribution in [3.8, 4) is 0 Å². The Labute approximate surface area is 142 Å². The van der Waals surface area contributed by atoms with Gasteiger partial charge in [-0.15, -0.1) is 0 Å². The topological polar surface area (TPSA) is 114 Å². The summed E-state index contributed by atoms with van der Waals surface area (Å²) < 4.78 is 22.8. The standard InChI is InChI=1S/C16H17N2O6P/c19-14-7-16(24-15(14)8-23-25(20,21)22)18-9-17-12-5-10-3-1-2-4-11(10)6-13(12)18/h1-6,9,14-16,19H,7-8H2,(H2,20,21,22)/t14-,15+,16+/m0/s1. The number of rotatable bonds is 4. The van der Waals surface area contributed by atoms with Crippen LogP contribution in [0.5, 0.6) is 0 Å². The van der Waals surface area contributed by atoms with E-state index in [0.717, 1.165) is 21.8 Å². The fraction of sp³-hybridized carbons (Fsp3) is 0.312. The molecule has 0 radical (unpaired) electrons. The molecule has 2 heterocycles. The lowest BCUT2D eigenvalue weighted by Crippen LogP contribution is -2.25. The highest BCUT2D eigenvalue weighted by atomic mass is 31.2. The summed E-state index contributed by atoms with van der Waals surface area (Å²) in [6.45, 7) is -0.377. The van der Waals surface area contributed by atoms with Crippen molar-refractivity contribution in [3.05, 3.63) is 42.7 Å². The Morgan fingerprint density at radius 3 is 2.72 bits per heavy atom. The summed E-state index contributed by atoms with van der Waals surface area (Å²) in [5.41, 5.74) is 1.68. The van der Waals surface area contributed by atoms with E-state index >= 15 is 0 Å². The molecule has 1 aromatic heterocycles. The van der Waals surface area contributed by atoms with Crippen molar-refractivity contribution in [3.63, 3.8) is 0 Å². The molecule has 8 nitrogen and oxygen atoms in total. The van der Waals surface area contributed by atoms with Gasteiger partial charge in [0, 0.05) is 6.42 Å². The molecule has 2 aromatic carbocycles. The van der Waals surface area contributed by atoms with E-state index in [1.807, 2.05) is 41.0 Å². The number of ether oxygens (including phenoxy) is 1. The fourth-order valence-electron chi connectivity index (χ4n) is 3.15. The van der Waals surface area contributed by atoms with E-state index < -0.39 is 26.3 Å². The molecule has 1 aliphatic heterocycles. The smallest absolute Gasteiger partial charge is 0.390 e. The van der Waals surface area contributed by atoms with E-state index in [1.54, 1.807) is 6.33 Å². The third-order valence-electron chi connectivity index (χ3n) is 4.36. The first-order chi connectivity index (χ1) is 11.9. The molecule has 1 fully saturated rings. The van der Waals surface area contributed by atoms with Crippen molar-refractivity contribution in [2.24, 2.45) is 0 Å². The Kier molecular flexibility index (Phi) is 4.11. The van der Waals surface area contributed by atoms with Crippen LogP contribution in [0.1, 0.15) is 12.6 Å². The highest BCUT2D eigenvalue weighted by Gasteiger charge is 2.37. The molecule has 0 unspecified atom stereocenters. The normalized spacial score (nSPS) is 24.4. The van der Waals surface area contributed by atoms with Crippen molar-refractivity contribution >= 4 is 29.6 Å². The minimum atomic E-state index is -4.60. The Hall–Kier alpha value is -1.80. The van der Waals surface area contributed by atoms with Gasteiger partial charge < -0.3 is 24.2 Å². The maximum atomic E-state index is 10.8. The second kappa shape index (κ2) is 6.17. The first-order valence-electron chi connectivity index (χ1n) is 7.80. The number of aromatic nitrogens is 2. The average Bonchev–Trinajstić information content (AvgIpc) is 3.13. The summed E-state index contributed by atoms with van der Waals surface area (Å²) in [7, 11) is -4.60. The number of hydrogen-bond acceptors (Lipinski definition) is 5. The Morgan fingerprint density at radius 2 is 2.00 bits per heavy atom. The molecular formula is C16H17N2O6P. The number of aliphatic hydroxyl groups excluding tert-OH is 1. The van der Waals surface area contributed by atoms with E-state index in [0.29, 0.717) is 0 Å². The fourth-order valence-corrected chi connectivity index (χ4v) is 3.49. The summed E-state index contributed by atoms with van der Waals surface area (Å²) in [6, 6.07) is 11.9. The van der Waals surface area contributed by atoms with Crippen LogP contribution in [-0.2, 0) is 13.8 Å². The SMILES string of the molecule is O=P(O)(O)OC[C@H]1O[C@@H](n2cnc3cc4ccccc4cc32)C[C@@H]1O. The summed E-state index contributed by atoms with van der Waals surface area (Å²) in [5.74, 6) is 0. The summed E-state index contributed by atoms with van der Waals surface area (Å²) in [4.78, 5) is 22.0. The number of phosphoric acid groups is 1. The highest BCUT2D eigenvalue weighted by Crippen LogP contribution is 2.38. The van der Waals surface area contributed by atoms with E-state index in [2.05, 4.69) is 9.51 Å². The number of aliphatic hydroxyl groups is 1. The zero-order valence-electron chi connectivity index (χ0n) is 13.1. The molecule has 25 heavy (non-hydrogen) atoms. The lowest BCUT2D eigenvalue weighted by Gasteiger charge is -2.16. The van der Waals surface area contributed by atoms with Gasteiger partial charge in [0.2, 0.25) is 0 Å². The number of benzene rings is 2. The highest BCUT2D eigenvalue weighted by molar-refractivity contribution is 7.46. The van der Waals surface area contributed by atoms with E-state index in [4.69, 9.17) is 14.5 Å². The first-order valence-corrected chi connectivity index (χ1v) is 9.33. The molecule has 3 aromatic rings. The summed E-state index contributed by atoms with van der Waals surface area (Å²) in [6.07, 6.45) is -0.239. The Bertz CT molecular complexity index is 968. The van der Waals surface area contributed by atoms with Gasteiger partial charge in [0.05, 0.1) is 30.1 Å². The third kappa shape index (κ3) is 3.32. The zero-order valence-corrected chi connectivity index (χ0v) is 14.0. The second-order valence-corrected chi connectivity index (χ2v) is 7.30. The summed E-state index contributed by atoms with van der Waals surface area (Å²) >= 11 is 0. The molecule has 3 N–H and O–H groups in total. The molecule has 0 spiro atoms. The van der Waals surface area contributed by atoms with Crippen LogP contribution in [0.3, 0.4) is 0 Å². The van der Waals surface area contributed by atoms with Crippen molar-refractivity contribution in [2.75, 3.05) is 6.61 Å². The van der Waals surface area contributed by atoms with E-state index in [9.17, 15) is 9.67 Å². The Balaban J connectivity index is 1.61. The predicted molar refractivity (Wildman–Crippen MR) is 89.8 cm³/mol. The van der Waals surface area contributed by atoms with E-state index in [1.165, 1.54) is 0 Å². The molecule has 0 aliphatic carbocycles. The maximum absolute atomic E-state index is 10.8. The zero-order chi connectivity index (χ0) is 17.6. The number of imidazole rings is 1. The van der Waals surface area contributed by atoms with Gasteiger partial charge in [-0.1, -0.05) is 24.3 Å². The molecule has 0 bridgehead atoms. The van der Waals surface area contributed by atoms with Crippen molar-refractivity contribution in [1.29, 1.82) is 0 Å². The number of fused-ring (bicyclic) bond motifs is 2. The minimum Gasteiger partial charge on any atom is -0.390 e. The van der Waals surface area contributed by atoms with Crippen molar-refractivity contribution in [2.45, 2.75) is 24.9 Å². The first kappa shape index (κ1) is 16.7. The second-order valence-electron chi connectivity index (χ2n) is 6.06. The van der Waals surface area contributed by atoms with Crippen LogP contribution in [0, 0.1) is 0 Å². The number of nitrogens with zero attached hydrogens (tertiary/aromatic N) is 2. The minimum absolute atomic E-state index is 0.285. The lowest BCUT2D eigenvalue weighted by molar-refractivity contribution is -0.0422. The van der Waals surface area contributed by atoms with Crippen molar-refractivity contribution in [1.82, 2.24) is 9.55 Å². The van der Waals surface area contributed by atoms with E-state index in [-0.39, 0.29) is 13.0 Å². The maximum Gasteiger partial charge on any atom is 0.469 e. The van der Waals surface area contributed by atoms with Crippen molar-refractivity contribution < 1.29 is 28.7 Å². The van der Waals surface area contributed by atoms with Crippen LogP contribution in [0.2, 0.25) is 0 Å². The van der Waals surface area contributed by atoms with Crippen LogP contribution >= 0.6 is 7.82 Å². The molecule has 9 heteroatoms. The van der Waals surface area contributed by atoms with Crippen LogP contribution in [0.25, 0.3) is 21.8 Å². The van der Waals surface area contributed by atoms with Crippen LogP contribution in [-0.4, -0.2) is 43.3 Å². The molecule has 0 saturated carbocycles. The molecule has 1 aliphatic rings. The third-order valence-corrected chi connectivity index (χ3v) is 4.85.